The second-order valence-corrected chi connectivity index (χ2v) is 6.19. The van der Waals surface area contributed by atoms with Crippen molar-refractivity contribution in [2.75, 3.05) is 20.2 Å². The Labute approximate surface area is 161 Å². The first kappa shape index (κ1) is 22.5. The number of aliphatic imine (C=N–C) groups is 1. The molecule has 0 saturated heterocycles. The van der Waals surface area contributed by atoms with Crippen LogP contribution < -0.4 is 20.7 Å². The topological polar surface area (TPSA) is 74.8 Å². The molecule has 6 nitrogen and oxygen atoms in total. The molecule has 0 aromatic heterocycles. The molecule has 3 N–H and O–H groups in total. The van der Waals surface area contributed by atoms with E-state index in [4.69, 9.17) is 4.74 Å². The summed E-state index contributed by atoms with van der Waals surface area (Å²) >= 11 is 0. The second kappa shape index (κ2) is 11.1. The molecule has 0 unspecified atom stereocenters. The molecule has 0 aliphatic carbocycles. The van der Waals surface area contributed by atoms with Crippen molar-refractivity contribution in [3.05, 3.63) is 29.8 Å². The predicted octanol–water partition coefficient (Wildman–Crippen LogP) is 2.28. The smallest absolute Gasteiger partial charge is 0.239 e. The molecule has 0 atom stereocenters. The van der Waals surface area contributed by atoms with Gasteiger partial charge in [-0.05, 0) is 45.4 Å². The molecule has 0 aliphatic rings. The molecule has 0 fully saturated rings. The van der Waals surface area contributed by atoms with Crippen LogP contribution in [0.3, 0.4) is 0 Å². The van der Waals surface area contributed by atoms with E-state index in [1.165, 1.54) is 0 Å². The Kier molecular flexibility index (Phi) is 10.4. The van der Waals surface area contributed by atoms with Crippen molar-refractivity contribution in [2.45, 2.75) is 39.8 Å². The van der Waals surface area contributed by atoms with Crippen molar-refractivity contribution in [3.8, 4) is 5.75 Å². The van der Waals surface area contributed by atoms with E-state index in [-0.39, 0.29) is 42.0 Å². The zero-order chi connectivity index (χ0) is 17.3. The summed E-state index contributed by atoms with van der Waals surface area (Å²) in [6.07, 6.45) is 0. The standard InChI is InChI=1S/C17H28N4O2.HI/c1-6-18-16(20-12-15(22)21-17(2,3)4)19-11-13-7-9-14(23-5)10-8-13;/h7-10H,6,11-12H2,1-5H3,(H,21,22)(H2,18,19,20);1H. The number of methoxy groups -OCH3 is 1. The monoisotopic (exact) mass is 448 g/mol. The first-order valence-electron chi connectivity index (χ1n) is 7.80. The largest absolute Gasteiger partial charge is 0.497 e. The summed E-state index contributed by atoms with van der Waals surface area (Å²) in [6, 6.07) is 7.75. The Bertz CT molecular complexity index is 524. The van der Waals surface area contributed by atoms with Crippen LogP contribution in [0.1, 0.15) is 33.3 Å². The number of nitrogens with one attached hydrogen (secondary N) is 3. The van der Waals surface area contributed by atoms with Crippen LogP contribution in [-0.2, 0) is 11.3 Å². The molecule has 1 aromatic rings. The van der Waals surface area contributed by atoms with Gasteiger partial charge in [0.2, 0.25) is 5.91 Å². The summed E-state index contributed by atoms with van der Waals surface area (Å²) in [5, 5.41) is 9.07. The van der Waals surface area contributed by atoms with Crippen molar-refractivity contribution < 1.29 is 9.53 Å². The molecule has 0 bridgehead atoms. The van der Waals surface area contributed by atoms with Gasteiger partial charge >= 0.3 is 0 Å². The van der Waals surface area contributed by atoms with Crippen LogP contribution in [0.15, 0.2) is 29.3 Å². The quantitative estimate of drug-likeness (QED) is 0.355. The van der Waals surface area contributed by atoms with E-state index >= 15 is 0 Å². The van der Waals surface area contributed by atoms with Gasteiger partial charge in [-0.2, -0.15) is 0 Å². The number of hydrogen-bond acceptors (Lipinski definition) is 3. The molecule has 0 aliphatic heterocycles. The highest BCUT2D eigenvalue weighted by atomic mass is 127. The number of ether oxygens (including phenoxy) is 1. The zero-order valence-electron chi connectivity index (χ0n) is 15.1. The van der Waals surface area contributed by atoms with Crippen LogP contribution in [0, 0.1) is 0 Å². The Morgan fingerprint density at radius 1 is 1.17 bits per heavy atom. The predicted molar refractivity (Wildman–Crippen MR) is 109 cm³/mol. The van der Waals surface area contributed by atoms with E-state index in [1.807, 2.05) is 52.0 Å². The second-order valence-electron chi connectivity index (χ2n) is 6.19. The highest BCUT2D eigenvalue weighted by Gasteiger charge is 2.13. The zero-order valence-corrected chi connectivity index (χ0v) is 17.4. The average molecular weight is 448 g/mol. The van der Waals surface area contributed by atoms with Crippen molar-refractivity contribution in [2.24, 2.45) is 4.99 Å². The average Bonchev–Trinajstić information content (AvgIpc) is 2.49. The highest BCUT2D eigenvalue weighted by molar-refractivity contribution is 14.0. The van der Waals surface area contributed by atoms with Crippen molar-refractivity contribution >= 4 is 35.8 Å². The molecular formula is C17H29IN4O2. The Balaban J connectivity index is 0.00000529. The fourth-order valence-corrected chi connectivity index (χ4v) is 1.87. The van der Waals surface area contributed by atoms with E-state index in [2.05, 4.69) is 20.9 Å². The molecule has 1 rings (SSSR count). The summed E-state index contributed by atoms with van der Waals surface area (Å²) in [5.41, 5.74) is 0.833. The summed E-state index contributed by atoms with van der Waals surface area (Å²) in [6.45, 7) is 9.29. The number of halogens is 1. The van der Waals surface area contributed by atoms with Gasteiger partial charge in [0.15, 0.2) is 5.96 Å². The maximum Gasteiger partial charge on any atom is 0.239 e. The number of rotatable bonds is 6. The summed E-state index contributed by atoms with van der Waals surface area (Å²) in [7, 11) is 1.64. The van der Waals surface area contributed by atoms with Crippen molar-refractivity contribution in [3.63, 3.8) is 0 Å². The van der Waals surface area contributed by atoms with Gasteiger partial charge in [-0.25, -0.2) is 4.99 Å². The van der Waals surface area contributed by atoms with E-state index in [1.54, 1.807) is 7.11 Å². The van der Waals surface area contributed by atoms with Gasteiger partial charge < -0.3 is 20.7 Å². The molecule has 136 valence electrons. The third-order valence-corrected chi connectivity index (χ3v) is 2.85. The SMILES string of the molecule is CCNC(=NCc1ccc(OC)cc1)NCC(=O)NC(C)(C)C.I. The van der Waals surface area contributed by atoms with Crippen LogP contribution in [0.5, 0.6) is 5.75 Å². The first-order chi connectivity index (χ1) is 10.8. The Hall–Kier alpha value is -1.51. The molecule has 1 amide bonds. The van der Waals surface area contributed by atoms with Crippen LogP contribution in [-0.4, -0.2) is 37.6 Å². The van der Waals surface area contributed by atoms with Crippen molar-refractivity contribution in [1.82, 2.24) is 16.0 Å². The van der Waals surface area contributed by atoms with Gasteiger partial charge in [0.05, 0.1) is 20.2 Å². The lowest BCUT2D eigenvalue weighted by Crippen LogP contribution is -2.48. The summed E-state index contributed by atoms with van der Waals surface area (Å²) in [5.74, 6) is 1.38. The Morgan fingerprint density at radius 3 is 2.29 bits per heavy atom. The normalized spacial score (nSPS) is 11.3. The number of benzene rings is 1. The maximum atomic E-state index is 11.8. The summed E-state index contributed by atoms with van der Waals surface area (Å²) in [4.78, 5) is 16.3. The maximum absolute atomic E-state index is 11.8. The minimum Gasteiger partial charge on any atom is -0.497 e. The molecular weight excluding hydrogens is 419 g/mol. The first-order valence-corrected chi connectivity index (χ1v) is 7.80. The van der Waals surface area contributed by atoms with Gasteiger partial charge in [-0.15, -0.1) is 24.0 Å². The number of guanidine groups is 1. The van der Waals surface area contributed by atoms with Crippen LogP contribution in [0.4, 0.5) is 0 Å². The number of carbonyl (C=O) groups excluding carboxylic acids is 1. The van der Waals surface area contributed by atoms with E-state index < -0.39 is 0 Å². The van der Waals surface area contributed by atoms with E-state index in [0.717, 1.165) is 17.9 Å². The fraction of sp³-hybridized carbons (Fsp3) is 0.529. The highest BCUT2D eigenvalue weighted by Crippen LogP contribution is 2.11. The van der Waals surface area contributed by atoms with Gasteiger partial charge in [-0.1, -0.05) is 12.1 Å². The van der Waals surface area contributed by atoms with Crippen LogP contribution >= 0.6 is 24.0 Å². The number of carbonyl (C=O) groups is 1. The number of nitrogens with zero attached hydrogens (tertiary/aromatic N) is 1. The van der Waals surface area contributed by atoms with Gasteiger partial charge in [0.25, 0.3) is 0 Å². The summed E-state index contributed by atoms with van der Waals surface area (Å²) < 4.78 is 5.13. The molecule has 0 spiro atoms. The number of amides is 1. The molecule has 0 radical (unpaired) electrons. The van der Waals surface area contributed by atoms with Gasteiger partial charge in [0.1, 0.15) is 5.75 Å². The third kappa shape index (κ3) is 9.59. The van der Waals surface area contributed by atoms with Gasteiger partial charge in [-0.3, -0.25) is 4.79 Å². The Morgan fingerprint density at radius 2 is 1.79 bits per heavy atom. The number of hydrogen-bond donors (Lipinski definition) is 3. The lowest BCUT2D eigenvalue weighted by molar-refractivity contribution is -0.121. The fourth-order valence-electron chi connectivity index (χ4n) is 1.87. The molecule has 1 aromatic carbocycles. The lowest BCUT2D eigenvalue weighted by atomic mass is 10.1. The minimum atomic E-state index is -0.239. The molecule has 24 heavy (non-hydrogen) atoms. The van der Waals surface area contributed by atoms with E-state index in [0.29, 0.717) is 12.5 Å². The van der Waals surface area contributed by atoms with Crippen molar-refractivity contribution in [1.29, 1.82) is 0 Å². The molecule has 0 heterocycles. The minimum absolute atomic E-state index is 0. The van der Waals surface area contributed by atoms with E-state index in [9.17, 15) is 4.79 Å². The molecule has 0 saturated carbocycles. The molecule has 7 heteroatoms. The lowest BCUT2D eigenvalue weighted by Gasteiger charge is -2.21. The van der Waals surface area contributed by atoms with Crippen LogP contribution in [0.25, 0.3) is 0 Å². The van der Waals surface area contributed by atoms with Crippen LogP contribution in [0.2, 0.25) is 0 Å². The third-order valence-electron chi connectivity index (χ3n) is 2.85. The van der Waals surface area contributed by atoms with Gasteiger partial charge in [0, 0.05) is 12.1 Å².